The monoisotopic (exact) mass is 277 g/mol. The van der Waals surface area contributed by atoms with E-state index in [1.165, 1.54) is 30.5 Å². The normalized spacial score (nSPS) is 12.2. The van der Waals surface area contributed by atoms with Crippen LogP contribution in [0.3, 0.4) is 0 Å². The van der Waals surface area contributed by atoms with Gasteiger partial charge in [0.2, 0.25) is 0 Å². The van der Waals surface area contributed by atoms with Crippen LogP contribution >= 0.6 is 0 Å². The van der Waals surface area contributed by atoms with Crippen LogP contribution in [0.2, 0.25) is 0 Å². The molecule has 2 aromatic rings. The Kier molecular flexibility index (Phi) is 4.47. The van der Waals surface area contributed by atoms with Crippen LogP contribution in [0.25, 0.3) is 0 Å². The van der Waals surface area contributed by atoms with Gasteiger partial charge in [-0.1, -0.05) is 19.1 Å². The van der Waals surface area contributed by atoms with E-state index in [2.05, 4.69) is 15.3 Å². The number of aliphatic hydroxyl groups excluding tert-OH is 1. The quantitative estimate of drug-likeness (QED) is 0.776. The van der Waals surface area contributed by atoms with Crippen LogP contribution in [0, 0.1) is 5.82 Å². The number of imidazole rings is 1. The Morgan fingerprint density at radius 3 is 2.75 bits per heavy atom. The molecule has 3 N–H and O–H groups in total. The molecule has 1 amide bonds. The average Bonchev–Trinajstić information content (AvgIpc) is 2.94. The number of aromatic nitrogens is 2. The lowest BCUT2D eigenvalue weighted by Crippen LogP contribution is -2.28. The van der Waals surface area contributed by atoms with Crippen molar-refractivity contribution in [3.63, 3.8) is 0 Å². The lowest BCUT2D eigenvalue weighted by molar-refractivity contribution is 0.0911. The van der Waals surface area contributed by atoms with Crippen LogP contribution in [0.1, 0.15) is 34.9 Å². The summed E-state index contributed by atoms with van der Waals surface area (Å²) in [5.74, 6) is 0.0298. The minimum atomic E-state index is -0.881. The zero-order valence-electron chi connectivity index (χ0n) is 11.1. The Hall–Kier alpha value is -2.21. The van der Waals surface area contributed by atoms with Crippen molar-refractivity contribution in [3.05, 3.63) is 53.4 Å². The molecule has 1 unspecified atom stereocenters. The first kappa shape index (κ1) is 14.2. The molecule has 0 spiro atoms. The van der Waals surface area contributed by atoms with E-state index in [0.717, 1.165) is 5.82 Å². The summed E-state index contributed by atoms with van der Waals surface area (Å²) in [5.41, 5.74) is 0.902. The number of carbonyl (C=O) groups is 1. The molecular weight excluding hydrogens is 261 g/mol. The topological polar surface area (TPSA) is 78.0 Å². The number of rotatable bonds is 5. The highest BCUT2D eigenvalue weighted by Crippen LogP contribution is 2.12. The molecule has 1 heterocycles. The molecule has 6 heteroatoms. The van der Waals surface area contributed by atoms with E-state index < -0.39 is 6.10 Å². The summed E-state index contributed by atoms with van der Waals surface area (Å²) in [6.07, 6.45) is 1.29. The standard InChI is InChI=1S/C14H16FN3O2/c1-2-13-16-7-11(18-13)14(20)17-8-12(19)9-3-5-10(15)6-4-9/h3-7,12,19H,2,8H2,1H3,(H,16,18)(H,17,20). The number of H-pyrrole nitrogens is 1. The molecule has 0 fully saturated rings. The second kappa shape index (κ2) is 6.29. The van der Waals surface area contributed by atoms with Crippen LogP contribution < -0.4 is 5.32 Å². The molecule has 1 aromatic carbocycles. The van der Waals surface area contributed by atoms with Crippen molar-refractivity contribution in [1.29, 1.82) is 0 Å². The van der Waals surface area contributed by atoms with Gasteiger partial charge in [-0.3, -0.25) is 4.79 Å². The zero-order valence-corrected chi connectivity index (χ0v) is 11.1. The van der Waals surface area contributed by atoms with Crippen LogP contribution in [0.15, 0.2) is 30.5 Å². The second-order valence-corrected chi connectivity index (χ2v) is 4.37. The Bertz CT molecular complexity index is 580. The lowest BCUT2D eigenvalue weighted by atomic mass is 10.1. The van der Waals surface area contributed by atoms with E-state index >= 15 is 0 Å². The molecule has 0 bridgehead atoms. The van der Waals surface area contributed by atoms with Gasteiger partial charge < -0.3 is 15.4 Å². The minimum absolute atomic E-state index is 0.0466. The second-order valence-electron chi connectivity index (χ2n) is 4.37. The summed E-state index contributed by atoms with van der Waals surface area (Å²) in [6, 6.07) is 5.50. The zero-order chi connectivity index (χ0) is 14.5. The van der Waals surface area contributed by atoms with Crippen LogP contribution in [-0.2, 0) is 6.42 Å². The van der Waals surface area contributed by atoms with Gasteiger partial charge in [-0.2, -0.15) is 0 Å². The number of nitrogens with zero attached hydrogens (tertiary/aromatic N) is 1. The van der Waals surface area contributed by atoms with E-state index in [0.29, 0.717) is 17.7 Å². The Morgan fingerprint density at radius 1 is 1.45 bits per heavy atom. The van der Waals surface area contributed by atoms with Crippen LogP contribution in [0.4, 0.5) is 4.39 Å². The predicted molar refractivity (Wildman–Crippen MR) is 71.7 cm³/mol. The first-order chi connectivity index (χ1) is 9.60. The number of benzene rings is 1. The summed E-state index contributed by atoms with van der Waals surface area (Å²) < 4.78 is 12.8. The molecule has 20 heavy (non-hydrogen) atoms. The van der Waals surface area contributed by atoms with Crippen molar-refractivity contribution in [3.8, 4) is 0 Å². The molecule has 0 radical (unpaired) electrons. The van der Waals surface area contributed by atoms with E-state index in [4.69, 9.17) is 0 Å². The number of hydrogen-bond donors (Lipinski definition) is 3. The fourth-order valence-corrected chi connectivity index (χ4v) is 1.74. The molecule has 106 valence electrons. The number of hydrogen-bond acceptors (Lipinski definition) is 3. The van der Waals surface area contributed by atoms with E-state index in [1.807, 2.05) is 6.92 Å². The maximum Gasteiger partial charge on any atom is 0.269 e. The Labute approximate surface area is 115 Å². The largest absolute Gasteiger partial charge is 0.387 e. The highest BCUT2D eigenvalue weighted by Gasteiger charge is 2.12. The molecule has 0 aliphatic rings. The van der Waals surface area contributed by atoms with Gasteiger partial charge in [-0.05, 0) is 17.7 Å². The summed E-state index contributed by atoms with van der Waals surface area (Å²) in [6.45, 7) is 1.98. The van der Waals surface area contributed by atoms with Gasteiger partial charge >= 0.3 is 0 Å². The van der Waals surface area contributed by atoms with Crippen molar-refractivity contribution in [2.45, 2.75) is 19.4 Å². The third kappa shape index (κ3) is 3.42. The van der Waals surface area contributed by atoms with Gasteiger partial charge in [0.25, 0.3) is 5.91 Å². The van der Waals surface area contributed by atoms with Gasteiger partial charge in [0, 0.05) is 13.0 Å². The predicted octanol–water partition coefficient (Wildman–Crippen LogP) is 1.57. The van der Waals surface area contributed by atoms with E-state index in [9.17, 15) is 14.3 Å². The first-order valence-electron chi connectivity index (χ1n) is 6.35. The molecule has 0 aliphatic carbocycles. The maximum absolute atomic E-state index is 12.8. The molecule has 5 nitrogen and oxygen atoms in total. The van der Waals surface area contributed by atoms with Crippen LogP contribution in [0.5, 0.6) is 0 Å². The van der Waals surface area contributed by atoms with Crippen LogP contribution in [-0.4, -0.2) is 27.5 Å². The lowest BCUT2D eigenvalue weighted by Gasteiger charge is -2.11. The van der Waals surface area contributed by atoms with Crippen molar-refractivity contribution < 1.29 is 14.3 Å². The highest BCUT2D eigenvalue weighted by atomic mass is 19.1. The van der Waals surface area contributed by atoms with Gasteiger partial charge in [0.15, 0.2) is 0 Å². The Morgan fingerprint density at radius 2 is 2.15 bits per heavy atom. The van der Waals surface area contributed by atoms with Gasteiger partial charge in [-0.15, -0.1) is 0 Å². The fraction of sp³-hybridized carbons (Fsp3) is 0.286. The average molecular weight is 277 g/mol. The molecule has 1 atom stereocenters. The number of amides is 1. The third-order valence-electron chi connectivity index (χ3n) is 2.92. The number of aryl methyl sites for hydroxylation is 1. The minimum Gasteiger partial charge on any atom is -0.387 e. The Balaban J connectivity index is 1.91. The molecular formula is C14H16FN3O2. The van der Waals surface area contributed by atoms with Gasteiger partial charge in [0.05, 0.1) is 12.3 Å². The summed E-state index contributed by atoms with van der Waals surface area (Å²) in [5, 5.41) is 12.5. The number of aliphatic hydroxyl groups is 1. The fourth-order valence-electron chi connectivity index (χ4n) is 1.74. The van der Waals surface area contributed by atoms with E-state index in [-0.39, 0.29) is 18.3 Å². The number of nitrogens with one attached hydrogen (secondary N) is 2. The molecule has 1 aromatic heterocycles. The third-order valence-corrected chi connectivity index (χ3v) is 2.92. The van der Waals surface area contributed by atoms with Crippen molar-refractivity contribution in [2.75, 3.05) is 6.54 Å². The van der Waals surface area contributed by atoms with Gasteiger partial charge in [0.1, 0.15) is 17.3 Å². The molecule has 0 saturated heterocycles. The first-order valence-corrected chi connectivity index (χ1v) is 6.35. The number of carbonyl (C=O) groups excluding carboxylic acids is 1. The SMILES string of the molecule is CCc1ncc(C(=O)NCC(O)c2ccc(F)cc2)[nH]1. The molecule has 0 saturated carbocycles. The smallest absolute Gasteiger partial charge is 0.269 e. The highest BCUT2D eigenvalue weighted by molar-refractivity contribution is 5.92. The number of halogens is 1. The molecule has 2 rings (SSSR count). The maximum atomic E-state index is 12.8. The van der Waals surface area contributed by atoms with E-state index in [1.54, 1.807) is 0 Å². The van der Waals surface area contributed by atoms with Gasteiger partial charge in [-0.25, -0.2) is 9.37 Å². The van der Waals surface area contributed by atoms with Crippen molar-refractivity contribution in [2.24, 2.45) is 0 Å². The summed E-state index contributed by atoms with van der Waals surface area (Å²) in [7, 11) is 0. The summed E-state index contributed by atoms with van der Waals surface area (Å²) >= 11 is 0. The van der Waals surface area contributed by atoms with Crippen molar-refractivity contribution >= 4 is 5.91 Å². The van der Waals surface area contributed by atoms with Crippen molar-refractivity contribution in [1.82, 2.24) is 15.3 Å². The number of aromatic amines is 1. The summed E-state index contributed by atoms with van der Waals surface area (Å²) in [4.78, 5) is 18.7. The molecule has 0 aliphatic heterocycles.